The van der Waals surface area contributed by atoms with Crippen molar-refractivity contribution in [2.75, 3.05) is 33.3 Å². The lowest BCUT2D eigenvalue weighted by Gasteiger charge is -2.23. The highest BCUT2D eigenvalue weighted by atomic mass is 16.5. The fraction of sp³-hybridized carbons (Fsp3) is 0.276. The second-order valence-electron chi connectivity index (χ2n) is 8.91. The van der Waals surface area contributed by atoms with E-state index in [1.54, 1.807) is 19.2 Å². The first-order valence-electron chi connectivity index (χ1n) is 12.4. The number of hydrogen-bond acceptors (Lipinski definition) is 4. The van der Waals surface area contributed by atoms with E-state index >= 15 is 0 Å². The summed E-state index contributed by atoms with van der Waals surface area (Å²) >= 11 is 0. The molecule has 2 heterocycles. The average molecular weight is 483 g/mol. The van der Waals surface area contributed by atoms with Gasteiger partial charge in [-0.15, -0.1) is 0 Å². The van der Waals surface area contributed by atoms with E-state index in [0.29, 0.717) is 50.3 Å². The molecule has 184 valence electrons. The van der Waals surface area contributed by atoms with E-state index in [1.807, 2.05) is 58.3 Å². The molecule has 1 aliphatic heterocycles. The van der Waals surface area contributed by atoms with Crippen LogP contribution in [0.2, 0.25) is 0 Å². The summed E-state index contributed by atoms with van der Waals surface area (Å²) in [6, 6.07) is 25.4. The number of aromatic nitrogens is 2. The molecule has 1 aliphatic rings. The summed E-state index contributed by atoms with van der Waals surface area (Å²) in [5, 5.41) is 0. The number of ether oxygens (including phenoxy) is 1. The number of rotatable bonds is 6. The number of aryl methyl sites for hydroxylation is 1. The number of imidazole rings is 1. The minimum Gasteiger partial charge on any atom is -0.496 e. The Morgan fingerprint density at radius 2 is 1.53 bits per heavy atom. The van der Waals surface area contributed by atoms with Gasteiger partial charge in [-0.05, 0) is 42.8 Å². The highest BCUT2D eigenvalue weighted by Crippen LogP contribution is 2.23. The fourth-order valence-electron chi connectivity index (χ4n) is 4.85. The Kier molecular flexibility index (Phi) is 6.98. The molecule has 36 heavy (non-hydrogen) atoms. The number of fused-ring (bicyclic) bond motifs is 1. The summed E-state index contributed by atoms with van der Waals surface area (Å²) in [5.41, 5.74) is 3.55. The molecule has 0 N–H and O–H groups in total. The molecule has 3 aromatic carbocycles. The van der Waals surface area contributed by atoms with Crippen LogP contribution in [-0.2, 0) is 11.2 Å². The van der Waals surface area contributed by atoms with Gasteiger partial charge in [0.25, 0.3) is 5.91 Å². The second-order valence-corrected chi connectivity index (χ2v) is 8.91. The van der Waals surface area contributed by atoms with Crippen molar-refractivity contribution in [3.8, 4) is 11.4 Å². The molecule has 5 rings (SSSR count). The minimum absolute atomic E-state index is 0.0571. The van der Waals surface area contributed by atoms with E-state index < -0.39 is 0 Å². The zero-order valence-corrected chi connectivity index (χ0v) is 20.5. The molecular weight excluding hydrogens is 452 g/mol. The van der Waals surface area contributed by atoms with Crippen molar-refractivity contribution in [3.63, 3.8) is 0 Å². The maximum atomic E-state index is 13.2. The number of carbonyl (C=O) groups is 2. The molecule has 1 fully saturated rings. The second kappa shape index (κ2) is 10.6. The molecule has 1 saturated heterocycles. The van der Waals surface area contributed by atoms with Crippen LogP contribution in [0.3, 0.4) is 0 Å². The van der Waals surface area contributed by atoms with Gasteiger partial charge < -0.3 is 14.5 Å². The highest BCUT2D eigenvalue weighted by molar-refractivity contribution is 5.97. The van der Waals surface area contributed by atoms with Gasteiger partial charge in [-0.3, -0.25) is 14.2 Å². The third-order valence-corrected chi connectivity index (χ3v) is 6.68. The van der Waals surface area contributed by atoms with Gasteiger partial charge in [-0.1, -0.05) is 42.5 Å². The molecule has 2 amide bonds. The first-order valence-corrected chi connectivity index (χ1v) is 12.4. The normalized spacial score (nSPS) is 14.0. The predicted octanol–water partition coefficient (Wildman–Crippen LogP) is 4.34. The quantitative estimate of drug-likeness (QED) is 0.410. The lowest BCUT2D eigenvalue weighted by atomic mass is 10.1. The van der Waals surface area contributed by atoms with Crippen LogP contribution in [0.5, 0.6) is 5.75 Å². The fourth-order valence-corrected chi connectivity index (χ4v) is 4.85. The summed E-state index contributed by atoms with van der Waals surface area (Å²) in [4.78, 5) is 34.8. The number of para-hydroxylation sites is 4. The Hall–Kier alpha value is -4.13. The Morgan fingerprint density at radius 1 is 0.833 bits per heavy atom. The lowest BCUT2D eigenvalue weighted by molar-refractivity contribution is -0.131. The van der Waals surface area contributed by atoms with Gasteiger partial charge in [-0.25, -0.2) is 4.98 Å². The Labute approximate surface area is 210 Å². The van der Waals surface area contributed by atoms with Gasteiger partial charge >= 0.3 is 0 Å². The standard InChI is InChI=1S/C29H30N4O3/c1-36-26-15-8-5-12-23(26)29(35)32-19-9-18-31(20-21-32)28(34)17-16-27-30-24-13-6-7-14-25(24)33(27)22-10-3-2-4-11-22/h2-8,10-15H,9,16-21H2,1H3. The van der Waals surface area contributed by atoms with Gasteiger partial charge in [0.2, 0.25) is 5.91 Å². The van der Waals surface area contributed by atoms with E-state index in [9.17, 15) is 9.59 Å². The Morgan fingerprint density at radius 3 is 2.36 bits per heavy atom. The van der Waals surface area contributed by atoms with Crippen LogP contribution in [0, 0.1) is 0 Å². The molecule has 0 atom stereocenters. The topological polar surface area (TPSA) is 67.7 Å². The Balaban J connectivity index is 1.26. The van der Waals surface area contributed by atoms with E-state index in [2.05, 4.69) is 22.8 Å². The molecule has 0 unspecified atom stereocenters. The number of carbonyl (C=O) groups excluding carboxylic acids is 2. The maximum Gasteiger partial charge on any atom is 0.257 e. The van der Waals surface area contributed by atoms with Crippen molar-refractivity contribution in [2.24, 2.45) is 0 Å². The number of benzene rings is 3. The largest absolute Gasteiger partial charge is 0.496 e. The SMILES string of the molecule is COc1ccccc1C(=O)N1CCCN(C(=O)CCc2nc3ccccc3n2-c2ccccc2)CC1. The molecule has 0 bridgehead atoms. The summed E-state index contributed by atoms with van der Waals surface area (Å²) < 4.78 is 7.50. The lowest BCUT2D eigenvalue weighted by Crippen LogP contribution is -2.37. The third-order valence-electron chi connectivity index (χ3n) is 6.68. The molecule has 0 radical (unpaired) electrons. The zero-order chi connectivity index (χ0) is 24.9. The van der Waals surface area contributed by atoms with Crippen molar-refractivity contribution >= 4 is 22.8 Å². The smallest absolute Gasteiger partial charge is 0.257 e. The monoisotopic (exact) mass is 482 g/mol. The molecule has 7 heteroatoms. The average Bonchev–Trinajstić information content (AvgIpc) is 3.11. The van der Waals surface area contributed by atoms with Crippen LogP contribution in [0.1, 0.15) is 29.0 Å². The minimum atomic E-state index is -0.0571. The van der Waals surface area contributed by atoms with Gasteiger partial charge in [0, 0.05) is 44.7 Å². The third kappa shape index (κ3) is 4.82. The van der Waals surface area contributed by atoms with Crippen molar-refractivity contribution in [3.05, 3.63) is 90.3 Å². The number of methoxy groups -OCH3 is 1. The molecular formula is C29H30N4O3. The van der Waals surface area contributed by atoms with Crippen LogP contribution in [0.25, 0.3) is 16.7 Å². The van der Waals surface area contributed by atoms with Crippen LogP contribution >= 0.6 is 0 Å². The number of nitrogens with zero attached hydrogens (tertiary/aromatic N) is 4. The van der Waals surface area contributed by atoms with Crippen LogP contribution in [0.15, 0.2) is 78.9 Å². The van der Waals surface area contributed by atoms with Crippen molar-refractivity contribution < 1.29 is 14.3 Å². The predicted molar refractivity (Wildman–Crippen MR) is 139 cm³/mol. The van der Waals surface area contributed by atoms with Gasteiger partial charge in [0.1, 0.15) is 11.6 Å². The summed E-state index contributed by atoms with van der Waals surface area (Å²) in [6.45, 7) is 2.29. The summed E-state index contributed by atoms with van der Waals surface area (Å²) in [6.07, 6.45) is 1.66. The maximum absolute atomic E-state index is 13.2. The molecule has 1 aromatic heterocycles. The molecule has 0 saturated carbocycles. The van der Waals surface area contributed by atoms with E-state index in [4.69, 9.17) is 9.72 Å². The van der Waals surface area contributed by atoms with Crippen molar-refractivity contribution in [2.45, 2.75) is 19.3 Å². The zero-order valence-electron chi connectivity index (χ0n) is 20.5. The molecule has 7 nitrogen and oxygen atoms in total. The molecule has 0 aliphatic carbocycles. The highest BCUT2D eigenvalue weighted by Gasteiger charge is 2.25. The molecule has 0 spiro atoms. The number of amides is 2. The molecule has 4 aromatic rings. The first kappa shape index (κ1) is 23.6. The first-order chi connectivity index (χ1) is 17.7. The van der Waals surface area contributed by atoms with Crippen molar-refractivity contribution in [1.82, 2.24) is 19.4 Å². The van der Waals surface area contributed by atoms with E-state index in [-0.39, 0.29) is 11.8 Å². The van der Waals surface area contributed by atoms with Crippen LogP contribution in [0.4, 0.5) is 0 Å². The van der Waals surface area contributed by atoms with Gasteiger partial charge in [0.15, 0.2) is 0 Å². The van der Waals surface area contributed by atoms with Crippen LogP contribution in [-0.4, -0.2) is 64.5 Å². The van der Waals surface area contributed by atoms with Crippen LogP contribution < -0.4 is 4.74 Å². The van der Waals surface area contributed by atoms with Gasteiger partial charge in [-0.2, -0.15) is 0 Å². The van der Waals surface area contributed by atoms with Gasteiger partial charge in [0.05, 0.1) is 23.7 Å². The number of hydrogen-bond donors (Lipinski definition) is 0. The van der Waals surface area contributed by atoms with Crippen molar-refractivity contribution in [1.29, 1.82) is 0 Å². The summed E-state index contributed by atoms with van der Waals surface area (Å²) in [5.74, 6) is 1.48. The summed E-state index contributed by atoms with van der Waals surface area (Å²) in [7, 11) is 1.57. The van der Waals surface area contributed by atoms with E-state index in [1.165, 1.54) is 0 Å². The van der Waals surface area contributed by atoms with E-state index in [0.717, 1.165) is 29.0 Å². The Bertz CT molecular complexity index is 1370.